The number of hydrogen-bond acceptors (Lipinski definition) is 2. The van der Waals surface area contributed by atoms with Gasteiger partial charge in [0.15, 0.2) is 0 Å². The first-order valence-electron chi connectivity index (χ1n) is 5.76. The fourth-order valence-electron chi connectivity index (χ4n) is 2.23. The largest absolute Gasteiger partial charge is 0.481 e. The zero-order valence-electron chi connectivity index (χ0n) is 9.35. The Morgan fingerprint density at radius 3 is 2.44 bits per heavy atom. The van der Waals surface area contributed by atoms with Crippen molar-refractivity contribution < 1.29 is 9.90 Å². The molecule has 0 aromatic heterocycles. The Hall–Kier alpha value is -1.35. The summed E-state index contributed by atoms with van der Waals surface area (Å²) < 4.78 is 0. The molecular formula is C13H17NO2. The van der Waals surface area contributed by atoms with Crippen molar-refractivity contribution in [3.05, 3.63) is 35.4 Å². The van der Waals surface area contributed by atoms with Crippen LogP contribution in [-0.4, -0.2) is 29.1 Å². The van der Waals surface area contributed by atoms with Gasteiger partial charge in [-0.2, -0.15) is 0 Å². The molecule has 3 heteroatoms. The molecule has 1 aromatic rings. The van der Waals surface area contributed by atoms with Crippen molar-refractivity contribution in [3.63, 3.8) is 0 Å². The number of benzene rings is 1. The Morgan fingerprint density at radius 1 is 1.19 bits per heavy atom. The molecule has 1 aliphatic heterocycles. The molecule has 1 heterocycles. The Bertz CT molecular complexity index is 370. The molecule has 0 aliphatic carbocycles. The number of likely N-dealkylation sites (tertiary alicyclic amines) is 1. The normalized spacial score (nSPS) is 16.5. The predicted molar refractivity (Wildman–Crippen MR) is 62.3 cm³/mol. The van der Waals surface area contributed by atoms with Gasteiger partial charge in [-0.15, -0.1) is 0 Å². The van der Waals surface area contributed by atoms with Crippen molar-refractivity contribution in [1.82, 2.24) is 4.90 Å². The molecule has 0 unspecified atom stereocenters. The highest BCUT2D eigenvalue weighted by atomic mass is 16.4. The van der Waals surface area contributed by atoms with Crippen LogP contribution < -0.4 is 0 Å². The van der Waals surface area contributed by atoms with Crippen LogP contribution in [0.2, 0.25) is 0 Å². The van der Waals surface area contributed by atoms with Gasteiger partial charge >= 0.3 is 5.97 Å². The van der Waals surface area contributed by atoms with Crippen LogP contribution in [0, 0.1) is 0 Å². The van der Waals surface area contributed by atoms with Crippen LogP contribution in [0.4, 0.5) is 0 Å². The maximum absolute atomic E-state index is 10.7. The minimum absolute atomic E-state index is 0.129. The number of carbonyl (C=O) groups is 1. The van der Waals surface area contributed by atoms with Crippen molar-refractivity contribution in [3.8, 4) is 0 Å². The van der Waals surface area contributed by atoms with Crippen molar-refractivity contribution in [2.75, 3.05) is 13.1 Å². The van der Waals surface area contributed by atoms with Gasteiger partial charge in [0.05, 0.1) is 6.42 Å². The first kappa shape index (κ1) is 11.1. The Balaban J connectivity index is 2.09. The van der Waals surface area contributed by atoms with Gasteiger partial charge in [-0.1, -0.05) is 24.3 Å². The van der Waals surface area contributed by atoms with E-state index in [1.807, 2.05) is 24.3 Å². The molecule has 0 spiro atoms. The fourth-order valence-corrected chi connectivity index (χ4v) is 2.23. The van der Waals surface area contributed by atoms with Crippen LogP contribution in [0.15, 0.2) is 24.3 Å². The zero-order valence-corrected chi connectivity index (χ0v) is 9.35. The highest BCUT2D eigenvalue weighted by molar-refractivity contribution is 5.70. The molecule has 1 aliphatic rings. The summed E-state index contributed by atoms with van der Waals surface area (Å²) in [6.45, 7) is 3.17. The third-order valence-electron chi connectivity index (χ3n) is 3.05. The Kier molecular flexibility index (Phi) is 3.57. The van der Waals surface area contributed by atoms with Crippen molar-refractivity contribution in [1.29, 1.82) is 0 Å². The standard InChI is InChI=1S/C13H17NO2/c15-13(16)9-11-5-1-2-6-12(11)10-14-7-3-4-8-14/h1-2,5-6H,3-4,7-10H2,(H,15,16). The molecule has 1 aromatic carbocycles. The summed E-state index contributed by atoms with van der Waals surface area (Å²) >= 11 is 0. The summed E-state index contributed by atoms with van der Waals surface area (Å²) in [6, 6.07) is 7.85. The number of carboxylic acid groups (broad SMARTS) is 1. The average Bonchev–Trinajstić information content (AvgIpc) is 2.73. The third-order valence-corrected chi connectivity index (χ3v) is 3.05. The summed E-state index contributed by atoms with van der Waals surface area (Å²) in [7, 11) is 0. The Labute approximate surface area is 95.7 Å². The van der Waals surface area contributed by atoms with E-state index in [-0.39, 0.29) is 6.42 Å². The summed E-state index contributed by atoms with van der Waals surface area (Å²) in [5.41, 5.74) is 2.11. The molecule has 3 nitrogen and oxygen atoms in total. The number of carboxylic acids is 1. The molecule has 16 heavy (non-hydrogen) atoms. The SMILES string of the molecule is O=C(O)Cc1ccccc1CN1CCCC1. The third kappa shape index (κ3) is 2.83. The van der Waals surface area contributed by atoms with Crippen LogP contribution in [0.25, 0.3) is 0 Å². The average molecular weight is 219 g/mol. The molecule has 2 rings (SSSR count). The van der Waals surface area contributed by atoms with Gasteiger partial charge in [-0.25, -0.2) is 0 Å². The molecule has 0 amide bonds. The lowest BCUT2D eigenvalue weighted by atomic mass is 10.0. The maximum Gasteiger partial charge on any atom is 0.307 e. The van der Waals surface area contributed by atoms with Gasteiger partial charge in [-0.3, -0.25) is 9.69 Å². The molecule has 0 radical (unpaired) electrons. The van der Waals surface area contributed by atoms with Crippen LogP contribution in [-0.2, 0) is 17.8 Å². The van der Waals surface area contributed by atoms with Crippen molar-refractivity contribution in [2.45, 2.75) is 25.8 Å². The highest BCUT2D eigenvalue weighted by Gasteiger charge is 2.14. The number of aliphatic carboxylic acids is 1. The fraction of sp³-hybridized carbons (Fsp3) is 0.462. The first-order valence-corrected chi connectivity index (χ1v) is 5.76. The molecule has 1 saturated heterocycles. The van der Waals surface area contributed by atoms with Crippen molar-refractivity contribution in [2.24, 2.45) is 0 Å². The quantitative estimate of drug-likeness (QED) is 0.841. The van der Waals surface area contributed by atoms with Gasteiger partial charge in [-0.05, 0) is 37.1 Å². The summed E-state index contributed by atoms with van der Waals surface area (Å²) in [5, 5.41) is 8.84. The van der Waals surface area contributed by atoms with Gasteiger partial charge in [0, 0.05) is 6.54 Å². The second-order valence-electron chi connectivity index (χ2n) is 4.32. The lowest BCUT2D eigenvalue weighted by molar-refractivity contribution is -0.136. The molecule has 0 saturated carbocycles. The van der Waals surface area contributed by atoms with E-state index < -0.39 is 5.97 Å². The maximum atomic E-state index is 10.7. The van der Waals surface area contributed by atoms with E-state index in [2.05, 4.69) is 4.90 Å². The lowest BCUT2D eigenvalue weighted by Gasteiger charge is -2.16. The second kappa shape index (κ2) is 5.12. The predicted octanol–water partition coefficient (Wildman–Crippen LogP) is 1.91. The monoisotopic (exact) mass is 219 g/mol. The van der Waals surface area contributed by atoms with Gasteiger partial charge in [0.1, 0.15) is 0 Å². The van der Waals surface area contributed by atoms with E-state index in [1.54, 1.807) is 0 Å². The molecule has 0 bridgehead atoms. The van der Waals surface area contributed by atoms with E-state index in [4.69, 9.17) is 5.11 Å². The minimum atomic E-state index is -0.756. The summed E-state index contributed by atoms with van der Waals surface area (Å²) in [5.74, 6) is -0.756. The minimum Gasteiger partial charge on any atom is -0.481 e. The number of nitrogens with zero attached hydrogens (tertiary/aromatic N) is 1. The van der Waals surface area contributed by atoms with Crippen LogP contribution in [0.3, 0.4) is 0 Å². The van der Waals surface area contributed by atoms with E-state index in [9.17, 15) is 4.79 Å². The molecular weight excluding hydrogens is 202 g/mol. The smallest absolute Gasteiger partial charge is 0.307 e. The van der Waals surface area contributed by atoms with E-state index in [1.165, 1.54) is 12.8 Å². The van der Waals surface area contributed by atoms with Gasteiger partial charge in [0.2, 0.25) is 0 Å². The molecule has 86 valence electrons. The van der Waals surface area contributed by atoms with Gasteiger partial charge in [0.25, 0.3) is 0 Å². The zero-order chi connectivity index (χ0) is 11.4. The second-order valence-corrected chi connectivity index (χ2v) is 4.32. The van der Waals surface area contributed by atoms with E-state index >= 15 is 0 Å². The van der Waals surface area contributed by atoms with Crippen molar-refractivity contribution >= 4 is 5.97 Å². The number of hydrogen-bond donors (Lipinski definition) is 1. The van der Waals surface area contributed by atoms with E-state index in [0.717, 1.165) is 30.8 Å². The molecule has 0 atom stereocenters. The first-order chi connectivity index (χ1) is 7.75. The van der Waals surface area contributed by atoms with Crippen LogP contribution in [0.5, 0.6) is 0 Å². The van der Waals surface area contributed by atoms with Crippen LogP contribution in [0.1, 0.15) is 24.0 Å². The molecule has 1 fully saturated rings. The highest BCUT2D eigenvalue weighted by Crippen LogP contribution is 2.16. The summed E-state index contributed by atoms with van der Waals surface area (Å²) in [6.07, 6.45) is 2.66. The topological polar surface area (TPSA) is 40.5 Å². The van der Waals surface area contributed by atoms with Gasteiger partial charge < -0.3 is 5.11 Å². The lowest BCUT2D eigenvalue weighted by Crippen LogP contribution is -2.19. The van der Waals surface area contributed by atoms with E-state index in [0.29, 0.717) is 0 Å². The van der Waals surface area contributed by atoms with Crippen LogP contribution >= 0.6 is 0 Å². The number of rotatable bonds is 4. The summed E-state index contributed by atoms with van der Waals surface area (Å²) in [4.78, 5) is 13.1. The molecule has 1 N–H and O–H groups in total. The Morgan fingerprint density at radius 2 is 1.81 bits per heavy atom.